The van der Waals surface area contributed by atoms with E-state index in [4.69, 9.17) is 16.3 Å². The van der Waals surface area contributed by atoms with Crippen LogP contribution in [0.4, 0.5) is 0 Å². The summed E-state index contributed by atoms with van der Waals surface area (Å²) in [6, 6.07) is 16.0. The van der Waals surface area contributed by atoms with Crippen molar-refractivity contribution >= 4 is 17.5 Å². The van der Waals surface area contributed by atoms with Crippen molar-refractivity contribution in [3.8, 4) is 17.0 Å². The standard InChI is InChI=1S/C27H30ClN3O2/c1-2-3-17-33-22-15-11-19(12-16-22)26-23-24(18-9-13-20(28)14-10-18)29-30-25(23)27(32)31(26)21-7-5-4-6-8-21/h9-16,21,26H,2-8,17H2,1H3,(H,29,30). The van der Waals surface area contributed by atoms with E-state index < -0.39 is 0 Å². The first-order valence-corrected chi connectivity index (χ1v) is 12.4. The number of hydrogen-bond acceptors (Lipinski definition) is 3. The Balaban J connectivity index is 1.55. The molecule has 0 radical (unpaired) electrons. The molecule has 1 N–H and O–H groups in total. The van der Waals surface area contributed by atoms with E-state index >= 15 is 0 Å². The number of carbonyl (C=O) groups excluding carboxylic acids is 1. The van der Waals surface area contributed by atoms with Crippen molar-refractivity contribution < 1.29 is 9.53 Å². The Morgan fingerprint density at radius 2 is 1.79 bits per heavy atom. The molecular formula is C27H30ClN3O2. The van der Waals surface area contributed by atoms with Gasteiger partial charge in [-0.25, -0.2) is 0 Å². The van der Waals surface area contributed by atoms with E-state index in [1.165, 1.54) is 19.3 Å². The third-order valence-corrected chi connectivity index (χ3v) is 7.10. The molecule has 2 aliphatic rings. The van der Waals surface area contributed by atoms with Crippen molar-refractivity contribution in [3.05, 3.63) is 70.4 Å². The number of nitrogens with one attached hydrogen (secondary N) is 1. The van der Waals surface area contributed by atoms with Crippen LogP contribution in [0.2, 0.25) is 5.02 Å². The Bertz CT molecular complexity index is 1100. The van der Waals surface area contributed by atoms with Crippen LogP contribution in [0.25, 0.3) is 11.3 Å². The normalized spacial score (nSPS) is 18.5. The average Bonchev–Trinajstić information content (AvgIpc) is 3.40. The molecule has 2 heterocycles. The van der Waals surface area contributed by atoms with E-state index in [0.717, 1.165) is 60.4 Å². The average molecular weight is 464 g/mol. The van der Waals surface area contributed by atoms with Crippen LogP contribution >= 0.6 is 11.6 Å². The summed E-state index contributed by atoms with van der Waals surface area (Å²) in [5, 5.41) is 8.32. The molecule has 1 aliphatic carbocycles. The summed E-state index contributed by atoms with van der Waals surface area (Å²) < 4.78 is 5.88. The van der Waals surface area contributed by atoms with Crippen LogP contribution in [-0.2, 0) is 0 Å². The SMILES string of the molecule is CCCCOc1ccc(C2c3c(-c4ccc(Cl)cc4)n[nH]c3C(=O)N2C2CCCCC2)cc1. The lowest BCUT2D eigenvalue weighted by Crippen LogP contribution is -2.40. The highest BCUT2D eigenvalue weighted by Gasteiger charge is 2.45. The number of halogens is 1. The van der Waals surface area contributed by atoms with Crippen molar-refractivity contribution in [2.75, 3.05) is 6.61 Å². The lowest BCUT2D eigenvalue weighted by atomic mass is 9.91. The van der Waals surface area contributed by atoms with Crippen LogP contribution in [-0.4, -0.2) is 33.7 Å². The Morgan fingerprint density at radius 1 is 1.06 bits per heavy atom. The zero-order valence-electron chi connectivity index (χ0n) is 19.0. The van der Waals surface area contributed by atoms with Gasteiger partial charge in [-0.15, -0.1) is 0 Å². The molecule has 1 amide bonds. The largest absolute Gasteiger partial charge is 0.494 e. The maximum Gasteiger partial charge on any atom is 0.273 e. The first kappa shape index (κ1) is 22.0. The molecule has 5 nitrogen and oxygen atoms in total. The molecule has 172 valence electrons. The molecular weight excluding hydrogens is 434 g/mol. The first-order valence-electron chi connectivity index (χ1n) is 12.1. The van der Waals surface area contributed by atoms with Crippen molar-refractivity contribution in [2.45, 2.75) is 64.0 Å². The van der Waals surface area contributed by atoms with Crippen LogP contribution in [0, 0.1) is 0 Å². The second-order valence-electron chi connectivity index (χ2n) is 9.05. The summed E-state index contributed by atoms with van der Waals surface area (Å²) in [4.78, 5) is 15.7. The van der Waals surface area contributed by atoms with Gasteiger partial charge >= 0.3 is 0 Å². The number of nitrogens with zero attached hydrogens (tertiary/aromatic N) is 2. The van der Waals surface area contributed by atoms with Gasteiger partial charge in [-0.3, -0.25) is 9.89 Å². The number of unbranched alkanes of at least 4 members (excludes halogenated alkanes) is 1. The minimum atomic E-state index is -0.162. The fourth-order valence-corrected chi connectivity index (χ4v) is 5.26. The summed E-state index contributed by atoms with van der Waals surface area (Å²) in [7, 11) is 0. The van der Waals surface area contributed by atoms with Gasteiger partial charge in [-0.05, 0) is 49.1 Å². The second-order valence-corrected chi connectivity index (χ2v) is 9.48. The van der Waals surface area contributed by atoms with Gasteiger partial charge in [-0.1, -0.05) is 68.5 Å². The smallest absolute Gasteiger partial charge is 0.273 e. The van der Waals surface area contributed by atoms with Crippen LogP contribution in [0.3, 0.4) is 0 Å². The molecule has 33 heavy (non-hydrogen) atoms. The molecule has 1 aromatic heterocycles. The fraction of sp³-hybridized carbons (Fsp3) is 0.407. The molecule has 1 fully saturated rings. The van der Waals surface area contributed by atoms with Gasteiger partial charge < -0.3 is 9.64 Å². The number of ether oxygens (including phenoxy) is 1. The van der Waals surface area contributed by atoms with Gasteiger partial charge in [0, 0.05) is 22.2 Å². The molecule has 1 saturated carbocycles. The van der Waals surface area contributed by atoms with Crippen LogP contribution in [0.15, 0.2) is 48.5 Å². The molecule has 2 aromatic carbocycles. The molecule has 1 unspecified atom stereocenters. The Kier molecular flexibility index (Phi) is 6.41. The maximum absolute atomic E-state index is 13.6. The molecule has 0 saturated heterocycles. The summed E-state index contributed by atoms with van der Waals surface area (Å²) in [6.07, 6.45) is 7.83. The highest BCUT2D eigenvalue weighted by molar-refractivity contribution is 6.30. The molecule has 0 bridgehead atoms. The monoisotopic (exact) mass is 463 g/mol. The number of aromatic nitrogens is 2. The minimum Gasteiger partial charge on any atom is -0.494 e. The lowest BCUT2D eigenvalue weighted by molar-refractivity contribution is 0.0606. The Hall–Kier alpha value is -2.79. The number of hydrogen-bond donors (Lipinski definition) is 1. The Labute approximate surface area is 200 Å². The molecule has 6 heteroatoms. The van der Waals surface area contributed by atoms with E-state index in [-0.39, 0.29) is 18.0 Å². The van der Waals surface area contributed by atoms with Gasteiger partial charge in [-0.2, -0.15) is 5.10 Å². The topological polar surface area (TPSA) is 58.2 Å². The van der Waals surface area contributed by atoms with E-state index in [2.05, 4.69) is 34.2 Å². The summed E-state index contributed by atoms with van der Waals surface area (Å²) in [6.45, 7) is 2.88. The van der Waals surface area contributed by atoms with Crippen LogP contribution in [0.5, 0.6) is 5.75 Å². The van der Waals surface area contributed by atoms with Gasteiger partial charge in [0.2, 0.25) is 0 Å². The summed E-state index contributed by atoms with van der Waals surface area (Å²) in [5.74, 6) is 0.920. The third kappa shape index (κ3) is 4.26. The fourth-order valence-electron chi connectivity index (χ4n) is 5.14. The zero-order chi connectivity index (χ0) is 22.8. The van der Waals surface area contributed by atoms with Crippen LogP contribution < -0.4 is 4.74 Å². The van der Waals surface area contributed by atoms with E-state index in [0.29, 0.717) is 10.7 Å². The van der Waals surface area contributed by atoms with Gasteiger partial charge in [0.25, 0.3) is 5.91 Å². The second kappa shape index (κ2) is 9.60. The molecule has 3 aromatic rings. The first-order chi connectivity index (χ1) is 16.2. The lowest BCUT2D eigenvalue weighted by Gasteiger charge is -2.36. The number of carbonyl (C=O) groups is 1. The molecule has 0 spiro atoms. The van der Waals surface area contributed by atoms with Crippen molar-refractivity contribution in [3.63, 3.8) is 0 Å². The third-order valence-electron chi connectivity index (χ3n) is 6.85. The quantitative estimate of drug-likeness (QED) is 0.392. The number of rotatable bonds is 7. The van der Waals surface area contributed by atoms with Gasteiger partial charge in [0.05, 0.1) is 18.3 Å². The number of fused-ring (bicyclic) bond motifs is 1. The minimum absolute atomic E-state index is 0.0536. The zero-order valence-corrected chi connectivity index (χ0v) is 19.8. The number of amides is 1. The maximum atomic E-state index is 13.6. The van der Waals surface area contributed by atoms with Crippen molar-refractivity contribution in [1.29, 1.82) is 0 Å². The van der Waals surface area contributed by atoms with E-state index in [9.17, 15) is 4.79 Å². The highest BCUT2D eigenvalue weighted by Crippen LogP contribution is 2.46. The molecule has 1 aliphatic heterocycles. The van der Waals surface area contributed by atoms with Gasteiger partial charge in [0.15, 0.2) is 0 Å². The molecule has 5 rings (SSSR count). The van der Waals surface area contributed by atoms with Crippen molar-refractivity contribution in [2.24, 2.45) is 0 Å². The van der Waals surface area contributed by atoms with E-state index in [1.807, 2.05) is 36.4 Å². The Morgan fingerprint density at radius 3 is 2.48 bits per heavy atom. The number of aromatic amines is 1. The van der Waals surface area contributed by atoms with Crippen molar-refractivity contribution in [1.82, 2.24) is 15.1 Å². The number of H-pyrrole nitrogens is 1. The summed E-state index contributed by atoms with van der Waals surface area (Å²) in [5.41, 5.74) is 4.44. The van der Waals surface area contributed by atoms with E-state index in [1.54, 1.807) is 0 Å². The highest BCUT2D eigenvalue weighted by atomic mass is 35.5. The van der Waals surface area contributed by atoms with Crippen LogP contribution in [0.1, 0.15) is 79.5 Å². The molecule has 1 atom stereocenters. The predicted molar refractivity (Wildman–Crippen MR) is 131 cm³/mol. The number of benzene rings is 2. The summed E-state index contributed by atoms with van der Waals surface area (Å²) >= 11 is 6.12. The van der Waals surface area contributed by atoms with Gasteiger partial charge in [0.1, 0.15) is 11.4 Å². The predicted octanol–water partition coefficient (Wildman–Crippen LogP) is 6.79.